The molecule has 0 unspecified atom stereocenters. The second kappa shape index (κ2) is 6.85. The summed E-state index contributed by atoms with van der Waals surface area (Å²) >= 11 is 5.79. The number of piperidine rings is 1. The SMILES string of the molecule is CCN1CCC(CNc2cc([N+](=O)[O-])cc(Cl)n2)CC1. The molecule has 2 rings (SSSR count). The Morgan fingerprint density at radius 1 is 1.50 bits per heavy atom. The molecule has 7 heteroatoms. The van der Waals surface area contributed by atoms with E-state index in [0.717, 1.165) is 39.0 Å². The zero-order valence-electron chi connectivity index (χ0n) is 11.5. The van der Waals surface area contributed by atoms with E-state index in [2.05, 4.69) is 22.1 Å². The van der Waals surface area contributed by atoms with Crippen molar-refractivity contribution in [3.05, 3.63) is 27.4 Å². The third-order valence-electron chi connectivity index (χ3n) is 3.72. The van der Waals surface area contributed by atoms with Gasteiger partial charge in [0, 0.05) is 6.54 Å². The van der Waals surface area contributed by atoms with Crippen molar-refractivity contribution in [2.24, 2.45) is 5.92 Å². The third-order valence-corrected chi connectivity index (χ3v) is 3.91. The van der Waals surface area contributed by atoms with Crippen molar-refractivity contribution in [3.63, 3.8) is 0 Å². The highest BCUT2D eigenvalue weighted by Crippen LogP contribution is 2.22. The van der Waals surface area contributed by atoms with Gasteiger partial charge in [0.2, 0.25) is 0 Å². The Morgan fingerprint density at radius 3 is 2.80 bits per heavy atom. The molecule has 110 valence electrons. The molecule has 0 saturated carbocycles. The number of pyridine rings is 1. The van der Waals surface area contributed by atoms with E-state index in [9.17, 15) is 10.1 Å². The van der Waals surface area contributed by atoms with E-state index in [-0.39, 0.29) is 10.8 Å². The van der Waals surface area contributed by atoms with Crippen LogP contribution in [-0.2, 0) is 0 Å². The third kappa shape index (κ3) is 4.05. The maximum absolute atomic E-state index is 10.8. The summed E-state index contributed by atoms with van der Waals surface area (Å²) in [6.45, 7) is 6.29. The van der Waals surface area contributed by atoms with E-state index >= 15 is 0 Å². The summed E-state index contributed by atoms with van der Waals surface area (Å²) in [5, 5.41) is 14.1. The lowest BCUT2D eigenvalue weighted by molar-refractivity contribution is -0.384. The van der Waals surface area contributed by atoms with Crippen molar-refractivity contribution < 1.29 is 4.92 Å². The van der Waals surface area contributed by atoms with Crippen LogP contribution in [0.25, 0.3) is 0 Å². The van der Waals surface area contributed by atoms with E-state index in [1.54, 1.807) is 0 Å². The Labute approximate surface area is 123 Å². The van der Waals surface area contributed by atoms with Crippen molar-refractivity contribution in [2.45, 2.75) is 19.8 Å². The lowest BCUT2D eigenvalue weighted by Crippen LogP contribution is -2.35. The van der Waals surface area contributed by atoms with Gasteiger partial charge in [-0.2, -0.15) is 0 Å². The number of aromatic nitrogens is 1. The highest BCUT2D eigenvalue weighted by Gasteiger charge is 2.18. The van der Waals surface area contributed by atoms with Gasteiger partial charge in [-0.3, -0.25) is 10.1 Å². The van der Waals surface area contributed by atoms with Gasteiger partial charge in [-0.15, -0.1) is 0 Å². The first-order chi connectivity index (χ1) is 9.58. The first-order valence-corrected chi connectivity index (χ1v) is 7.24. The van der Waals surface area contributed by atoms with Crippen LogP contribution in [0.1, 0.15) is 19.8 Å². The summed E-state index contributed by atoms with van der Waals surface area (Å²) < 4.78 is 0. The molecule has 0 amide bonds. The van der Waals surface area contributed by atoms with Crippen molar-refractivity contribution in [3.8, 4) is 0 Å². The van der Waals surface area contributed by atoms with Crippen molar-refractivity contribution in [2.75, 3.05) is 31.5 Å². The molecule has 20 heavy (non-hydrogen) atoms. The second-order valence-electron chi connectivity index (χ2n) is 5.05. The van der Waals surface area contributed by atoms with Gasteiger partial charge in [0.15, 0.2) is 0 Å². The largest absolute Gasteiger partial charge is 0.370 e. The van der Waals surface area contributed by atoms with E-state index in [4.69, 9.17) is 11.6 Å². The Hall–Kier alpha value is -1.40. The lowest BCUT2D eigenvalue weighted by Gasteiger charge is -2.31. The number of hydrogen-bond acceptors (Lipinski definition) is 5. The number of rotatable bonds is 5. The number of nitrogens with one attached hydrogen (secondary N) is 1. The monoisotopic (exact) mass is 298 g/mol. The maximum Gasteiger partial charge on any atom is 0.276 e. The molecule has 0 spiro atoms. The van der Waals surface area contributed by atoms with Gasteiger partial charge >= 0.3 is 0 Å². The van der Waals surface area contributed by atoms with Crippen molar-refractivity contribution >= 4 is 23.1 Å². The molecule has 0 atom stereocenters. The Balaban J connectivity index is 1.89. The molecule has 1 fully saturated rings. The predicted molar refractivity (Wildman–Crippen MR) is 79.2 cm³/mol. The summed E-state index contributed by atoms with van der Waals surface area (Å²) in [5.74, 6) is 1.06. The van der Waals surface area contributed by atoms with E-state index in [1.807, 2.05) is 0 Å². The van der Waals surface area contributed by atoms with Crippen LogP contribution in [0.3, 0.4) is 0 Å². The predicted octanol–water partition coefficient (Wildman–Crippen LogP) is 2.79. The van der Waals surface area contributed by atoms with Gasteiger partial charge in [-0.1, -0.05) is 18.5 Å². The minimum atomic E-state index is -0.460. The number of nitro groups is 1. The number of likely N-dealkylation sites (tertiary alicyclic amines) is 1. The summed E-state index contributed by atoms with van der Waals surface area (Å²) in [5.41, 5.74) is -0.0340. The molecule has 2 heterocycles. The standard InChI is InChI=1S/C13H19ClN4O2/c1-2-17-5-3-10(4-6-17)9-15-13-8-11(18(19)20)7-12(14)16-13/h7-8,10H,2-6,9H2,1H3,(H,15,16). The molecule has 6 nitrogen and oxygen atoms in total. The molecule has 1 aliphatic rings. The average Bonchev–Trinajstić information content (AvgIpc) is 2.45. The van der Waals surface area contributed by atoms with Crippen LogP contribution in [0.5, 0.6) is 0 Å². The Kier molecular flexibility index (Phi) is 5.14. The number of hydrogen-bond donors (Lipinski definition) is 1. The molecule has 1 saturated heterocycles. The normalized spacial score (nSPS) is 17.1. The van der Waals surface area contributed by atoms with E-state index in [1.165, 1.54) is 12.1 Å². The highest BCUT2D eigenvalue weighted by atomic mass is 35.5. The van der Waals surface area contributed by atoms with Crippen LogP contribution in [0.2, 0.25) is 5.15 Å². The molecule has 0 radical (unpaired) electrons. The molecular weight excluding hydrogens is 280 g/mol. The average molecular weight is 299 g/mol. The summed E-state index contributed by atoms with van der Waals surface area (Å²) in [4.78, 5) is 16.8. The van der Waals surface area contributed by atoms with Gasteiger partial charge in [-0.25, -0.2) is 4.98 Å². The first-order valence-electron chi connectivity index (χ1n) is 6.86. The van der Waals surface area contributed by atoms with Crippen molar-refractivity contribution in [1.82, 2.24) is 9.88 Å². The van der Waals surface area contributed by atoms with Crippen LogP contribution >= 0.6 is 11.6 Å². The minimum Gasteiger partial charge on any atom is -0.370 e. The van der Waals surface area contributed by atoms with Crippen LogP contribution in [0, 0.1) is 16.0 Å². The van der Waals surface area contributed by atoms with E-state index in [0.29, 0.717) is 11.7 Å². The van der Waals surface area contributed by atoms with Gasteiger partial charge in [0.25, 0.3) is 5.69 Å². The summed E-state index contributed by atoms with van der Waals surface area (Å²) in [6, 6.07) is 2.68. The summed E-state index contributed by atoms with van der Waals surface area (Å²) in [7, 11) is 0. The molecule has 1 aromatic rings. The van der Waals surface area contributed by atoms with Crippen LogP contribution < -0.4 is 5.32 Å². The number of halogens is 1. The van der Waals surface area contributed by atoms with Gasteiger partial charge < -0.3 is 10.2 Å². The molecule has 0 bridgehead atoms. The number of nitrogens with zero attached hydrogens (tertiary/aromatic N) is 3. The first kappa shape index (κ1) is 15.0. The van der Waals surface area contributed by atoms with Crippen LogP contribution in [0.15, 0.2) is 12.1 Å². The van der Waals surface area contributed by atoms with Gasteiger partial charge in [0.05, 0.1) is 17.1 Å². The topological polar surface area (TPSA) is 71.3 Å². The highest BCUT2D eigenvalue weighted by molar-refractivity contribution is 6.29. The molecule has 1 N–H and O–H groups in total. The molecule has 1 aromatic heterocycles. The smallest absolute Gasteiger partial charge is 0.276 e. The molecule has 0 aliphatic carbocycles. The Morgan fingerprint density at radius 2 is 2.20 bits per heavy atom. The fraction of sp³-hybridized carbons (Fsp3) is 0.615. The lowest BCUT2D eigenvalue weighted by atomic mass is 9.97. The maximum atomic E-state index is 10.8. The van der Waals surface area contributed by atoms with Crippen LogP contribution in [0.4, 0.5) is 11.5 Å². The van der Waals surface area contributed by atoms with Gasteiger partial charge in [-0.05, 0) is 38.4 Å². The zero-order chi connectivity index (χ0) is 14.5. The molecular formula is C13H19ClN4O2. The van der Waals surface area contributed by atoms with Crippen molar-refractivity contribution in [1.29, 1.82) is 0 Å². The van der Waals surface area contributed by atoms with Crippen LogP contribution in [-0.4, -0.2) is 41.0 Å². The number of anilines is 1. The zero-order valence-corrected chi connectivity index (χ0v) is 12.3. The minimum absolute atomic E-state index is 0.0340. The fourth-order valence-corrected chi connectivity index (χ4v) is 2.64. The quantitative estimate of drug-likeness (QED) is 0.514. The Bertz CT molecular complexity index is 475. The second-order valence-corrected chi connectivity index (χ2v) is 5.44. The fourth-order valence-electron chi connectivity index (χ4n) is 2.44. The van der Waals surface area contributed by atoms with Gasteiger partial charge in [0.1, 0.15) is 11.0 Å². The molecule has 1 aliphatic heterocycles. The van der Waals surface area contributed by atoms with E-state index < -0.39 is 4.92 Å². The summed E-state index contributed by atoms with van der Waals surface area (Å²) in [6.07, 6.45) is 2.28. The molecule has 0 aromatic carbocycles.